The topological polar surface area (TPSA) is 79.0 Å². The third kappa shape index (κ3) is 2.77. The second-order valence-electron chi connectivity index (χ2n) is 11.8. The molecule has 7 nitrogen and oxygen atoms in total. The van der Waals surface area contributed by atoms with Gasteiger partial charge in [-0.2, -0.15) is 0 Å². The number of anilines is 2. The Labute approximate surface area is 226 Å². The van der Waals surface area contributed by atoms with E-state index in [9.17, 15) is 18.8 Å². The zero-order valence-electron chi connectivity index (χ0n) is 21.9. The van der Waals surface area contributed by atoms with Crippen LogP contribution in [-0.4, -0.2) is 35.5 Å². The number of imide groups is 1. The van der Waals surface area contributed by atoms with Gasteiger partial charge in [0.1, 0.15) is 16.8 Å². The van der Waals surface area contributed by atoms with Crippen molar-refractivity contribution in [3.8, 4) is 0 Å². The first kappa shape index (κ1) is 25.0. The number of amides is 3. The number of carbonyl (C=O) groups excluding carboxylic acids is 3. The molecule has 0 unspecified atom stereocenters. The Bertz CT molecular complexity index is 1430. The van der Waals surface area contributed by atoms with Crippen LogP contribution in [0.15, 0.2) is 42.5 Å². The molecule has 0 aromatic heterocycles. The van der Waals surface area contributed by atoms with Crippen molar-refractivity contribution in [2.45, 2.75) is 69.4 Å². The quantitative estimate of drug-likeness (QED) is 0.473. The lowest BCUT2D eigenvalue weighted by Crippen LogP contribution is -2.62. The minimum Gasteiger partial charge on any atom is -0.443 e. The number of nitrogens with one attached hydrogen (secondary N) is 1. The summed E-state index contributed by atoms with van der Waals surface area (Å²) in [6.07, 6.45) is 2.79. The zero-order valence-corrected chi connectivity index (χ0v) is 22.7. The van der Waals surface area contributed by atoms with Gasteiger partial charge in [-0.1, -0.05) is 55.7 Å². The highest BCUT2D eigenvalue weighted by atomic mass is 32.1. The summed E-state index contributed by atoms with van der Waals surface area (Å²) >= 11 is 6.05. The monoisotopic (exact) mass is 535 g/mol. The van der Waals surface area contributed by atoms with E-state index in [0.717, 1.165) is 24.2 Å². The maximum absolute atomic E-state index is 14.8. The lowest BCUT2D eigenvalue weighted by molar-refractivity contribution is -0.135. The Hall–Kier alpha value is -3.33. The molecule has 4 aliphatic rings. The number of fused-ring (bicyclic) bond motifs is 6. The molecule has 9 heteroatoms. The van der Waals surface area contributed by atoms with Crippen LogP contribution < -0.4 is 15.1 Å². The van der Waals surface area contributed by atoms with Crippen molar-refractivity contribution in [1.82, 2.24) is 5.32 Å². The Balaban J connectivity index is 1.65. The van der Waals surface area contributed by atoms with E-state index in [-0.39, 0.29) is 10.9 Å². The minimum atomic E-state index is -1.47. The fraction of sp³-hybridized carbons (Fsp3) is 0.448. The van der Waals surface area contributed by atoms with Crippen molar-refractivity contribution in [2.24, 2.45) is 5.41 Å². The highest BCUT2D eigenvalue weighted by molar-refractivity contribution is 7.80. The van der Waals surface area contributed by atoms with E-state index in [1.165, 1.54) is 17.0 Å². The number of likely N-dealkylation sites (N-methyl/N-ethyl adjacent to an activating group) is 1. The number of nitrogens with zero attached hydrogens (tertiary/aromatic N) is 2. The Kier molecular flexibility index (Phi) is 5.16. The van der Waals surface area contributed by atoms with Crippen LogP contribution in [0.4, 0.5) is 20.6 Å². The Morgan fingerprint density at radius 1 is 1.00 bits per heavy atom. The summed E-state index contributed by atoms with van der Waals surface area (Å²) < 4.78 is 20.1. The van der Waals surface area contributed by atoms with Crippen molar-refractivity contribution < 1.29 is 23.5 Å². The van der Waals surface area contributed by atoms with E-state index in [2.05, 4.69) is 5.32 Å². The van der Waals surface area contributed by atoms with Gasteiger partial charge in [0.25, 0.3) is 11.8 Å². The largest absolute Gasteiger partial charge is 0.443 e. The van der Waals surface area contributed by atoms with Gasteiger partial charge in [0.05, 0.1) is 16.4 Å². The van der Waals surface area contributed by atoms with Crippen molar-refractivity contribution in [3.05, 3.63) is 59.4 Å². The number of ether oxygens (including phenoxy) is 1. The van der Waals surface area contributed by atoms with E-state index in [0.29, 0.717) is 35.3 Å². The molecule has 3 heterocycles. The van der Waals surface area contributed by atoms with Crippen LogP contribution in [-0.2, 0) is 25.3 Å². The fourth-order valence-electron chi connectivity index (χ4n) is 7.50. The van der Waals surface area contributed by atoms with Crippen molar-refractivity contribution in [2.75, 3.05) is 16.8 Å². The number of hydrogen-bond donors (Lipinski definition) is 1. The summed E-state index contributed by atoms with van der Waals surface area (Å²) in [6.45, 7) is 5.24. The van der Waals surface area contributed by atoms with Gasteiger partial charge in [-0.15, -0.1) is 0 Å². The molecule has 2 aromatic rings. The fourth-order valence-corrected chi connectivity index (χ4v) is 8.04. The minimum absolute atomic E-state index is 0.210. The number of thiocarbonyl (C=S) groups is 1. The third-order valence-electron chi connectivity index (χ3n) is 8.78. The summed E-state index contributed by atoms with van der Waals surface area (Å²) in [4.78, 5) is 45.4. The van der Waals surface area contributed by atoms with E-state index < -0.39 is 39.8 Å². The summed E-state index contributed by atoms with van der Waals surface area (Å²) in [5.41, 5.74) is -2.63. The lowest BCUT2D eigenvalue weighted by Gasteiger charge is -2.50. The molecule has 1 saturated carbocycles. The van der Waals surface area contributed by atoms with Gasteiger partial charge >= 0.3 is 6.09 Å². The number of benzene rings is 2. The maximum Gasteiger partial charge on any atom is 0.421 e. The van der Waals surface area contributed by atoms with Crippen molar-refractivity contribution in [1.29, 1.82) is 0 Å². The van der Waals surface area contributed by atoms with Gasteiger partial charge in [0, 0.05) is 18.0 Å². The predicted octanol–water partition coefficient (Wildman–Crippen LogP) is 5.10. The predicted molar refractivity (Wildman–Crippen MR) is 145 cm³/mol. The molecular weight excluding hydrogens is 505 g/mol. The molecular formula is C29H30FN3O4S. The molecule has 0 bridgehead atoms. The molecule has 2 fully saturated rings. The number of halogens is 1. The Morgan fingerprint density at radius 3 is 2.37 bits per heavy atom. The molecule has 1 aliphatic carbocycles. The number of rotatable bonds is 0. The second-order valence-corrected chi connectivity index (χ2v) is 12.2. The van der Waals surface area contributed by atoms with Crippen LogP contribution in [0.25, 0.3) is 0 Å². The van der Waals surface area contributed by atoms with Crippen molar-refractivity contribution in [3.63, 3.8) is 0 Å². The smallest absolute Gasteiger partial charge is 0.421 e. The first-order valence-electron chi connectivity index (χ1n) is 13.0. The average Bonchev–Trinajstić information content (AvgIpc) is 3.34. The molecule has 1 N–H and O–H groups in total. The number of hydrogen-bond acceptors (Lipinski definition) is 5. The standard InChI is InChI=1S/C29H30FN3O4S/c1-26(2,3)37-25(36)33-20-11-7-6-10-18(20)28(23(33)34)22(38)31-29(27(28)14-8-5-9-15-27)19-13-12-17(30)16-21(19)32(4)24(29)35/h6-7,10-13,16H,5,8-9,14-15H2,1-4H3,(H,31,38)/t28-,29-/m1/s1. The second kappa shape index (κ2) is 7.85. The van der Waals surface area contributed by atoms with E-state index in [1.54, 1.807) is 46.0 Å². The van der Waals surface area contributed by atoms with E-state index >= 15 is 0 Å². The number of para-hydroxylation sites is 1. The normalized spacial score (nSPS) is 27.3. The van der Waals surface area contributed by atoms with Crippen LogP contribution in [0, 0.1) is 11.2 Å². The van der Waals surface area contributed by atoms with Crippen molar-refractivity contribution >= 4 is 46.5 Å². The molecule has 2 atom stereocenters. The third-order valence-corrected chi connectivity index (χ3v) is 9.19. The number of carbonyl (C=O) groups is 3. The molecule has 198 valence electrons. The van der Waals surface area contributed by atoms with Gasteiger partial charge in [-0.25, -0.2) is 14.1 Å². The van der Waals surface area contributed by atoms with Gasteiger partial charge < -0.3 is 15.0 Å². The molecule has 38 heavy (non-hydrogen) atoms. The van der Waals surface area contributed by atoms with Crippen LogP contribution in [0.2, 0.25) is 0 Å². The molecule has 3 spiro atoms. The summed E-state index contributed by atoms with van der Waals surface area (Å²) in [6, 6.07) is 11.5. The van der Waals surface area contributed by atoms with Gasteiger partial charge in [0.2, 0.25) is 0 Å². The molecule has 0 radical (unpaired) electrons. The summed E-state index contributed by atoms with van der Waals surface area (Å²) in [7, 11) is 1.62. The van der Waals surface area contributed by atoms with Crippen LogP contribution in [0.5, 0.6) is 0 Å². The van der Waals surface area contributed by atoms with E-state index in [4.69, 9.17) is 17.0 Å². The van der Waals surface area contributed by atoms with Gasteiger partial charge in [-0.3, -0.25) is 9.59 Å². The van der Waals surface area contributed by atoms with Gasteiger partial charge in [-0.05, 0) is 57.4 Å². The highest BCUT2D eigenvalue weighted by Crippen LogP contribution is 2.70. The zero-order chi connectivity index (χ0) is 27.3. The van der Waals surface area contributed by atoms with E-state index in [1.807, 2.05) is 12.1 Å². The first-order chi connectivity index (χ1) is 17.9. The molecule has 3 aliphatic heterocycles. The van der Waals surface area contributed by atoms with Crippen LogP contribution >= 0.6 is 12.2 Å². The lowest BCUT2D eigenvalue weighted by atomic mass is 9.49. The van der Waals surface area contributed by atoms with Crippen LogP contribution in [0.3, 0.4) is 0 Å². The maximum atomic E-state index is 14.8. The SMILES string of the molecule is CN1C(=O)[C@]2(NC(=S)[C@]3(C(=O)N(C(=O)OC(C)(C)C)c4ccccc43)C23CCCCC3)c2ccc(F)cc21. The summed E-state index contributed by atoms with van der Waals surface area (Å²) in [5.74, 6) is -1.23. The Morgan fingerprint density at radius 2 is 1.68 bits per heavy atom. The molecule has 1 saturated heterocycles. The summed E-state index contributed by atoms with van der Waals surface area (Å²) in [5, 5.41) is 3.38. The average molecular weight is 536 g/mol. The van der Waals surface area contributed by atoms with Crippen LogP contribution in [0.1, 0.15) is 64.0 Å². The molecule has 6 rings (SSSR count). The first-order valence-corrected chi connectivity index (χ1v) is 13.4. The highest BCUT2D eigenvalue weighted by Gasteiger charge is 2.81. The molecule has 2 aromatic carbocycles. The van der Waals surface area contributed by atoms with Gasteiger partial charge in [0.15, 0.2) is 5.54 Å². The molecule has 3 amide bonds.